The SMILES string of the molecule is Cc1ccc(COc2ccc(Br)cc2/C=C(\C#N)C(=O)Nc2cc(Cl)ccc2C)cc1. The molecular formula is C25H20BrClN2O2. The van der Waals surface area contributed by atoms with E-state index >= 15 is 0 Å². The number of carbonyl (C=O) groups excluding carboxylic acids is 1. The van der Waals surface area contributed by atoms with E-state index in [4.69, 9.17) is 16.3 Å². The van der Waals surface area contributed by atoms with Crippen LogP contribution in [0, 0.1) is 25.2 Å². The number of halogens is 2. The highest BCUT2D eigenvalue weighted by Gasteiger charge is 2.13. The number of ether oxygens (including phenoxy) is 1. The van der Waals surface area contributed by atoms with Crippen LogP contribution < -0.4 is 10.1 Å². The highest BCUT2D eigenvalue weighted by Crippen LogP contribution is 2.27. The van der Waals surface area contributed by atoms with E-state index in [1.54, 1.807) is 30.3 Å². The molecule has 0 unspecified atom stereocenters. The van der Waals surface area contributed by atoms with Gasteiger partial charge in [0.05, 0.1) is 0 Å². The molecule has 3 rings (SSSR count). The molecule has 0 radical (unpaired) electrons. The van der Waals surface area contributed by atoms with Gasteiger partial charge in [0, 0.05) is 20.7 Å². The lowest BCUT2D eigenvalue weighted by Gasteiger charge is -2.11. The van der Waals surface area contributed by atoms with Gasteiger partial charge in [0.25, 0.3) is 5.91 Å². The van der Waals surface area contributed by atoms with Crippen LogP contribution in [0.1, 0.15) is 22.3 Å². The molecule has 0 atom stereocenters. The first kappa shape index (κ1) is 22.6. The van der Waals surface area contributed by atoms with E-state index in [9.17, 15) is 10.1 Å². The Morgan fingerprint density at radius 1 is 1.13 bits per heavy atom. The zero-order chi connectivity index (χ0) is 22.4. The van der Waals surface area contributed by atoms with E-state index in [-0.39, 0.29) is 5.57 Å². The zero-order valence-electron chi connectivity index (χ0n) is 17.1. The highest BCUT2D eigenvalue weighted by atomic mass is 79.9. The normalized spacial score (nSPS) is 11.0. The third-order valence-electron chi connectivity index (χ3n) is 4.60. The third kappa shape index (κ3) is 6.21. The number of hydrogen-bond donors (Lipinski definition) is 1. The summed E-state index contributed by atoms with van der Waals surface area (Å²) in [6.07, 6.45) is 1.52. The van der Waals surface area contributed by atoms with Crippen LogP contribution in [0.2, 0.25) is 5.02 Å². The second-order valence-electron chi connectivity index (χ2n) is 7.04. The summed E-state index contributed by atoms with van der Waals surface area (Å²) in [7, 11) is 0. The summed E-state index contributed by atoms with van der Waals surface area (Å²) in [5.74, 6) is 0.0561. The number of hydrogen-bond acceptors (Lipinski definition) is 3. The average molecular weight is 496 g/mol. The highest BCUT2D eigenvalue weighted by molar-refractivity contribution is 9.10. The largest absolute Gasteiger partial charge is 0.488 e. The van der Waals surface area contributed by atoms with E-state index in [0.717, 1.165) is 15.6 Å². The van der Waals surface area contributed by atoms with Crippen molar-refractivity contribution in [3.05, 3.63) is 98.0 Å². The molecule has 0 aliphatic heterocycles. The van der Waals surface area contributed by atoms with Crippen LogP contribution >= 0.6 is 27.5 Å². The van der Waals surface area contributed by atoms with Gasteiger partial charge in [0.15, 0.2) is 0 Å². The molecule has 31 heavy (non-hydrogen) atoms. The first-order chi connectivity index (χ1) is 14.9. The first-order valence-corrected chi connectivity index (χ1v) is 10.7. The summed E-state index contributed by atoms with van der Waals surface area (Å²) in [4.78, 5) is 12.7. The molecule has 0 bridgehead atoms. The summed E-state index contributed by atoms with van der Waals surface area (Å²) < 4.78 is 6.78. The van der Waals surface area contributed by atoms with Gasteiger partial charge in [-0.25, -0.2) is 0 Å². The number of rotatable bonds is 6. The van der Waals surface area contributed by atoms with Crippen LogP contribution in [-0.2, 0) is 11.4 Å². The fourth-order valence-electron chi connectivity index (χ4n) is 2.83. The molecule has 156 valence electrons. The van der Waals surface area contributed by atoms with E-state index in [1.807, 2.05) is 50.2 Å². The standard InChI is InChI=1S/C25H20BrClN2O2/c1-16-3-6-18(7-4-16)15-31-24-10-8-21(26)12-19(24)11-20(14-28)25(30)29-23-13-22(27)9-5-17(23)2/h3-13H,15H2,1-2H3,(H,29,30)/b20-11+. The van der Waals surface area contributed by atoms with Gasteiger partial charge >= 0.3 is 0 Å². The van der Waals surface area contributed by atoms with Gasteiger partial charge in [-0.05, 0) is 61.4 Å². The van der Waals surface area contributed by atoms with Crippen molar-refractivity contribution in [2.75, 3.05) is 5.32 Å². The fraction of sp³-hybridized carbons (Fsp3) is 0.120. The summed E-state index contributed by atoms with van der Waals surface area (Å²) in [6.45, 7) is 4.26. The molecule has 0 aromatic heterocycles. The molecule has 0 saturated heterocycles. The Morgan fingerprint density at radius 3 is 2.58 bits per heavy atom. The second kappa shape index (κ2) is 10.3. The number of benzene rings is 3. The van der Waals surface area contributed by atoms with E-state index in [1.165, 1.54) is 11.6 Å². The molecule has 6 heteroatoms. The van der Waals surface area contributed by atoms with Crippen LogP contribution in [0.5, 0.6) is 5.75 Å². The van der Waals surface area contributed by atoms with Crippen molar-refractivity contribution < 1.29 is 9.53 Å². The van der Waals surface area contributed by atoms with Crippen molar-refractivity contribution in [1.82, 2.24) is 0 Å². The molecular weight excluding hydrogens is 476 g/mol. The molecule has 0 saturated carbocycles. The number of nitriles is 1. The minimum absolute atomic E-state index is 0.0438. The Kier molecular flexibility index (Phi) is 7.51. The topological polar surface area (TPSA) is 62.1 Å². The maximum absolute atomic E-state index is 12.7. The summed E-state index contributed by atoms with van der Waals surface area (Å²) >= 11 is 9.46. The Balaban J connectivity index is 1.84. The zero-order valence-corrected chi connectivity index (χ0v) is 19.4. The maximum atomic E-state index is 12.7. The van der Waals surface area contributed by atoms with Gasteiger partial charge in [-0.3, -0.25) is 4.79 Å². The number of anilines is 1. The van der Waals surface area contributed by atoms with Crippen molar-refractivity contribution in [1.29, 1.82) is 5.26 Å². The smallest absolute Gasteiger partial charge is 0.266 e. The Labute approximate surface area is 195 Å². The lowest BCUT2D eigenvalue weighted by molar-refractivity contribution is -0.112. The number of aryl methyl sites for hydroxylation is 2. The van der Waals surface area contributed by atoms with Crippen molar-refractivity contribution >= 4 is 45.2 Å². The predicted molar refractivity (Wildman–Crippen MR) is 128 cm³/mol. The van der Waals surface area contributed by atoms with Gasteiger partial charge in [0.2, 0.25) is 0 Å². The summed E-state index contributed by atoms with van der Waals surface area (Å²) in [5, 5.41) is 12.9. The molecule has 3 aromatic rings. The van der Waals surface area contributed by atoms with E-state index in [2.05, 4.69) is 21.2 Å². The number of nitrogens with one attached hydrogen (secondary N) is 1. The van der Waals surface area contributed by atoms with Crippen LogP contribution in [0.3, 0.4) is 0 Å². The van der Waals surface area contributed by atoms with E-state index < -0.39 is 5.91 Å². The first-order valence-electron chi connectivity index (χ1n) is 9.53. The Morgan fingerprint density at radius 2 is 1.87 bits per heavy atom. The molecule has 0 aliphatic rings. The van der Waals surface area contributed by atoms with Crippen LogP contribution in [-0.4, -0.2) is 5.91 Å². The second-order valence-corrected chi connectivity index (χ2v) is 8.39. The van der Waals surface area contributed by atoms with Gasteiger partial charge < -0.3 is 10.1 Å². The van der Waals surface area contributed by atoms with Crippen molar-refractivity contribution in [2.45, 2.75) is 20.5 Å². The molecule has 0 heterocycles. The van der Waals surface area contributed by atoms with E-state index in [0.29, 0.717) is 28.6 Å². The number of carbonyl (C=O) groups is 1. The van der Waals surface area contributed by atoms with Gasteiger partial charge in [0.1, 0.15) is 24.0 Å². The monoisotopic (exact) mass is 494 g/mol. The van der Waals surface area contributed by atoms with Crippen molar-refractivity contribution in [2.24, 2.45) is 0 Å². The predicted octanol–water partition coefficient (Wildman–Crippen LogP) is 6.84. The van der Waals surface area contributed by atoms with Crippen molar-refractivity contribution in [3.63, 3.8) is 0 Å². The molecule has 0 fully saturated rings. The molecule has 4 nitrogen and oxygen atoms in total. The lowest BCUT2D eigenvalue weighted by atomic mass is 10.1. The minimum atomic E-state index is -0.516. The van der Waals surface area contributed by atoms with Crippen LogP contribution in [0.4, 0.5) is 5.69 Å². The quantitative estimate of drug-likeness (QED) is 0.301. The lowest BCUT2D eigenvalue weighted by Crippen LogP contribution is -2.14. The molecule has 0 spiro atoms. The van der Waals surface area contributed by atoms with Gasteiger partial charge in [-0.15, -0.1) is 0 Å². The number of nitrogens with zero attached hydrogens (tertiary/aromatic N) is 1. The van der Waals surface area contributed by atoms with Gasteiger partial charge in [-0.2, -0.15) is 5.26 Å². The fourth-order valence-corrected chi connectivity index (χ4v) is 3.38. The summed E-state index contributed by atoms with van der Waals surface area (Å²) in [6, 6.07) is 20.7. The van der Waals surface area contributed by atoms with Crippen molar-refractivity contribution in [3.8, 4) is 11.8 Å². The Hall–Kier alpha value is -3.07. The maximum Gasteiger partial charge on any atom is 0.266 e. The molecule has 1 amide bonds. The minimum Gasteiger partial charge on any atom is -0.488 e. The number of amides is 1. The Bertz CT molecular complexity index is 1180. The third-order valence-corrected chi connectivity index (χ3v) is 5.33. The van der Waals surface area contributed by atoms with Gasteiger partial charge in [-0.1, -0.05) is 63.4 Å². The molecule has 0 aliphatic carbocycles. The molecule has 1 N–H and O–H groups in total. The van der Waals surface area contributed by atoms with Crippen LogP contribution in [0.25, 0.3) is 6.08 Å². The molecule has 3 aromatic carbocycles. The average Bonchev–Trinajstić information content (AvgIpc) is 2.75. The van der Waals surface area contributed by atoms with Crippen LogP contribution in [0.15, 0.2) is 70.7 Å². The summed E-state index contributed by atoms with van der Waals surface area (Å²) in [5.41, 5.74) is 4.19.